The summed E-state index contributed by atoms with van der Waals surface area (Å²) in [6, 6.07) is 5.18. The largest absolute Gasteiger partial charge is 0.465 e. The van der Waals surface area contributed by atoms with Crippen LogP contribution in [0, 0.1) is 6.92 Å². The highest BCUT2D eigenvalue weighted by Crippen LogP contribution is 2.19. The van der Waals surface area contributed by atoms with Crippen molar-refractivity contribution in [2.75, 3.05) is 12.4 Å². The first-order valence-corrected chi connectivity index (χ1v) is 6.58. The van der Waals surface area contributed by atoms with Crippen molar-refractivity contribution >= 4 is 17.6 Å². The topological polar surface area (TPSA) is 73.2 Å². The molecule has 21 heavy (non-hydrogen) atoms. The summed E-state index contributed by atoms with van der Waals surface area (Å²) in [5.41, 5.74) is 2.09. The number of hydrogen-bond acceptors (Lipinski definition) is 4. The molecule has 0 atom stereocenters. The number of nitrogens with one attached hydrogen (secondary N) is 1. The van der Waals surface area contributed by atoms with Crippen molar-refractivity contribution in [3.05, 3.63) is 47.3 Å². The predicted molar refractivity (Wildman–Crippen MR) is 78.4 cm³/mol. The average molecular weight is 287 g/mol. The summed E-state index contributed by atoms with van der Waals surface area (Å²) in [5.74, 6) is -0.804. The van der Waals surface area contributed by atoms with E-state index in [1.807, 2.05) is 19.9 Å². The summed E-state index contributed by atoms with van der Waals surface area (Å²) in [6.45, 7) is 4.48. The van der Waals surface area contributed by atoms with E-state index in [2.05, 4.69) is 10.4 Å². The first-order chi connectivity index (χ1) is 10.0. The van der Waals surface area contributed by atoms with Crippen LogP contribution >= 0.6 is 0 Å². The quantitative estimate of drug-likeness (QED) is 0.875. The van der Waals surface area contributed by atoms with Crippen molar-refractivity contribution in [2.24, 2.45) is 0 Å². The lowest BCUT2D eigenvalue weighted by Crippen LogP contribution is -2.15. The monoisotopic (exact) mass is 287 g/mol. The van der Waals surface area contributed by atoms with Crippen LogP contribution in [0.15, 0.2) is 30.6 Å². The Hall–Kier alpha value is -2.63. The fourth-order valence-corrected chi connectivity index (χ4v) is 1.89. The minimum absolute atomic E-state index is 0.316. The van der Waals surface area contributed by atoms with Crippen molar-refractivity contribution < 1.29 is 14.3 Å². The zero-order chi connectivity index (χ0) is 15.4. The third-order valence-electron chi connectivity index (χ3n) is 3.05. The minimum Gasteiger partial charge on any atom is -0.465 e. The Kier molecular flexibility index (Phi) is 4.37. The molecule has 0 saturated carbocycles. The van der Waals surface area contributed by atoms with Crippen molar-refractivity contribution in [2.45, 2.75) is 20.4 Å². The average Bonchev–Trinajstić information content (AvgIpc) is 2.97. The Labute approximate surface area is 122 Å². The van der Waals surface area contributed by atoms with E-state index >= 15 is 0 Å². The molecule has 0 aliphatic heterocycles. The first kappa shape index (κ1) is 14.8. The molecule has 6 heteroatoms. The highest BCUT2D eigenvalue weighted by molar-refractivity contribution is 6.07. The number of methoxy groups -OCH3 is 1. The molecule has 2 aromatic rings. The Morgan fingerprint density at radius 3 is 2.76 bits per heavy atom. The Bertz CT molecular complexity index is 677. The highest BCUT2D eigenvalue weighted by atomic mass is 16.5. The fourth-order valence-electron chi connectivity index (χ4n) is 1.89. The molecule has 6 nitrogen and oxygen atoms in total. The molecule has 0 spiro atoms. The van der Waals surface area contributed by atoms with Gasteiger partial charge in [0.25, 0.3) is 5.91 Å². The zero-order valence-corrected chi connectivity index (χ0v) is 12.2. The molecule has 1 aromatic heterocycles. The van der Waals surface area contributed by atoms with Gasteiger partial charge in [-0.3, -0.25) is 9.48 Å². The SMILES string of the molecule is CCn1cc(C(=O)Nc2ccc(C)cc2C(=O)OC)cn1. The number of amides is 1. The molecule has 2 rings (SSSR count). The lowest BCUT2D eigenvalue weighted by molar-refractivity contribution is 0.0602. The van der Waals surface area contributed by atoms with Crippen LogP contribution in [-0.4, -0.2) is 28.8 Å². The van der Waals surface area contributed by atoms with E-state index in [9.17, 15) is 9.59 Å². The van der Waals surface area contributed by atoms with Crippen molar-refractivity contribution in [1.82, 2.24) is 9.78 Å². The van der Waals surface area contributed by atoms with Gasteiger partial charge < -0.3 is 10.1 Å². The molecule has 1 amide bonds. The number of aryl methyl sites for hydroxylation is 2. The highest BCUT2D eigenvalue weighted by Gasteiger charge is 2.16. The molecule has 0 aliphatic carbocycles. The number of esters is 1. The van der Waals surface area contributed by atoms with E-state index in [1.165, 1.54) is 13.3 Å². The molecule has 0 fully saturated rings. The summed E-state index contributed by atoms with van der Waals surface area (Å²) in [4.78, 5) is 23.9. The fraction of sp³-hybridized carbons (Fsp3) is 0.267. The summed E-state index contributed by atoms with van der Waals surface area (Å²) in [7, 11) is 1.31. The number of anilines is 1. The third kappa shape index (κ3) is 3.28. The lowest BCUT2D eigenvalue weighted by Gasteiger charge is -2.10. The Morgan fingerprint density at radius 2 is 2.14 bits per heavy atom. The maximum Gasteiger partial charge on any atom is 0.339 e. The summed E-state index contributed by atoms with van der Waals surface area (Å²) >= 11 is 0. The minimum atomic E-state index is -0.488. The van der Waals surface area contributed by atoms with Crippen LogP contribution in [0.25, 0.3) is 0 Å². The van der Waals surface area contributed by atoms with Crippen LogP contribution in [0.1, 0.15) is 33.2 Å². The smallest absolute Gasteiger partial charge is 0.339 e. The third-order valence-corrected chi connectivity index (χ3v) is 3.05. The standard InChI is InChI=1S/C15H17N3O3/c1-4-18-9-11(8-16-18)14(19)17-13-6-5-10(2)7-12(13)15(20)21-3/h5-9H,4H2,1-3H3,(H,17,19). The number of hydrogen-bond donors (Lipinski definition) is 1. The molecule has 0 aliphatic rings. The van der Waals surface area contributed by atoms with Crippen molar-refractivity contribution in [3.63, 3.8) is 0 Å². The molecular formula is C15H17N3O3. The molecule has 0 bridgehead atoms. The van der Waals surface area contributed by atoms with Crippen LogP contribution in [0.3, 0.4) is 0 Å². The van der Waals surface area contributed by atoms with Crippen LogP contribution in [0.4, 0.5) is 5.69 Å². The van der Waals surface area contributed by atoms with E-state index in [1.54, 1.807) is 23.0 Å². The van der Waals surface area contributed by atoms with Gasteiger partial charge in [0, 0.05) is 12.7 Å². The predicted octanol–water partition coefficient (Wildman–Crippen LogP) is 2.25. The van der Waals surface area contributed by atoms with Crippen LogP contribution in [0.2, 0.25) is 0 Å². The van der Waals surface area contributed by atoms with Crippen molar-refractivity contribution in [3.8, 4) is 0 Å². The lowest BCUT2D eigenvalue weighted by atomic mass is 10.1. The Morgan fingerprint density at radius 1 is 1.38 bits per heavy atom. The van der Waals surface area contributed by atoms with E-state index in [0.717, 1.165) is 5.56 Å². The summed E-state index contributed by atoms with van der Waals surface area (Å²) < 4.78 is 6.39. The molecule has 0 unspecified atom stereocenters. The first-order valence-electron chi connectivity index (χ1n) is 6.58. The molecular weight excluding hydrogens is 270 g/mol. The number of nitrogens with zero attached hydrogens (tertiary/aromatic N) is 2. The van der Waals surface area contributed by atoms with Gasteiger partial charge in [0.2, 0.25) is 0 Å². The summed E-state index contributed by atoms with van der Waals surface area (Å²) in [6.07, 6.45) is 3.15. The second kappa shape index (κ2) is 6.21. The van der Waals surface area contributed by atoms with Crippen LogP contribution in [-0.2, 0) is 11.3 Å². The van der Waals surface area contributed by atoms with Gasteiger partial charge >= 0.3 is 5.97 Å². The molecule has 1 heterocycles. The van der Waals surface area contributed by atoms with E-state index < -0.39 is 5.97 Å². The number of aromatic nitrogens is 2. The number of rotatable bonds is 4. The van der Waals surface area contributed by atoms with Gasteiger partial charge in [0.05, 0.1) is 30.1 Å². The number of ether oxygens (including phenoxy) is 1. The normalized spacial score (nSPS) is 10.2. The molecule has 1 N–H and O–H groups in total. The van der Waals surface area contributed by atoms with Gasteiger partial charge in [-0.2, -0.15) is 5.10 Å². The zero-order valence-electron chi connectivity index (χ0n) is 12.2. The molecule has 1 aromatic carbocycles. The molecule has 0 saturated heterocycles. The van der Waals surface area contributed by atoms with Gasteiger partial charge in [-0.1, -0.05) is 11.6 Å². The number of carbonyl (C=O) groups is 2. The van der Waals surface area contributed by atoms with Gasteiger partial charge in [-0.25, -0.2) is 4.79 Å². The van der Waals surface area contributed by atoms with Gasteiger partial charge in [-0.05, 0) is 26.0 Å². The molecule has 0 radical (unpaired) electrons. The van der Waals surface area contributed by atoms with Gasteiger partial charge in [0.1, 0.15) is 0 Å². The van der Waals surface area contributed by atoms with E-state index in [-0.39, 0.29) is 5.91 Å². The maximum atomic E-state index is 12.2. The van der Waals surface area contributed by atoms with Crippen LogP contribution < -0.4 is 5.32 Å². The van der Waals surface area contributed by atoms with E-state index in [4.69, 9.17) is 4.74 Å². The van der Waals surface area contributed by atoms with Crippen molar-refractivity contribution in [1.29, 1.82) is 0 Å². The maximum absolute atomic E-state index is 12.2. The number of carbonyl (C=O) groups excluding carboxylic acids is 2. The van der Waals surface area contributed by atoms with Crippen LogP contribution in [0.5, 0.6) is 0 Å². The van der Waals surface area contributed by atoms with Gasteiger partial charge in [-0.15, -0.1) is 0 Å². The Balaban J connectivity index is 2.26. The number of benzene rings is 1. The molecule has 110 valence electrons. The van der Waals surface area contributed by atoms with Gasteiger partial charge in [0.15, 0.2) is 0 Å². The summed E-state index contributed by atoms with van der Waals surface area (Å²) in [5, 5.41) is 6.76. The second-order valence-corrected chi connectivity index (χ2v) is 4.58. The second-order valence-electron chi connectivity index (χ2n) is 4.58. The van der Waals surface area contributed by atoms with E-state index in [0.29, 0.717) is 23.4 Å².